The fourth-order valence-corrected chi connectivity index (χ4v) is 2.62. The molecule has 1 amide bonds. The number of ether oxygens (including phenoxy) is 1. The summed E-state index contributed by atoms with van der Waals surface area (Å²) in [4.78, 5) is 22.1. The Morgan fingerprint density at radius 3 is 2.58 bits per heavy atom. The van der Waals surface area contributed by atoms with Crippen molar-refractivity contribution in [2.75, 3.05) is 6.61 Å². The van der Waals surface area contributed by atoms with Crippen LogP contribution >= 0.6 is 0 Å². The molecule has 2 unspecified atom stereocenters. The van der Waals surface area contributed by atoms with Gasteiger partial charge in [-0.05, 0) is 44.4 Å². The van der Waals surface area contributed by atoms with Crippen LogP contribution in [0.15, 0.2) is 0 Å². The number of amides is 1. The monoisotopic (exact) mass is 269 g/mol. The largest absolute Gasteiger partial charge is 0.481 e. The highest BCUT2D eigenvalue weighted by Gasteiger charge is 2.36. The topological polar surface area (TPSA) is 75.6 Å². The molecule has 2 fully saturated rings. The average molecular weight is 269 g/mol. The molecule has 1 saturated heterocycles. The average Bonchev–Trinajstić information content (AvgIpc) is 3.19. The van der Waals surface area contributed by atoms with Gasteiger partial charge in [0.1, 0.15) is 0 Å². The number of hydrogen-bond acceptors (Lipinski definition) is 3. The van der Waals surface area contributed by atoms with E-state index in [1.165, 1.54) is 12.8 Å². The van der Waals surface area contributed by atoms with Gasteiger partial charge in [-0.15, -0.1) is 0 Å². The van der Waals surface area contributed by atoms with Crippen molar-refractivity contribution in [2.45, 2.75) is 63.5 Å². The number of carboxylic acids is 1. The summed E-state index contributed by atoms with van der Waals surface area (Å²) in [5.74, 6) is -0.0285. The maximum Gasteiger partial charge on any atom is 0.303 e. The molecule has 108 valence electrons. The molecule has 19 heavy (non-hydrogen) atoms. The maximum atomic E-state index is 11.7. The van der Waals surface area contributed by atoms with E-state index in [1.807, 2.05) is 0 Å². The molecule has 5 nitrogen and oxygen atoms in total. The van der Waals surface area contributed by atoms with Crippen molar-refractivity contribution in [1.29, 1.82) is 0 Å². The van der Waals surface area contributed by atoms with Crippen molar-refractivity contribution in [1.82, 2.24) is 5.32 Å². The maximum absolute atomic E-state index is 11.7. The predicted octanol–water partition coefficient (Wildman–Crippen LogP) is 1.71. The Labute approximate surface area is 113 Å². The number of rotatable bonds is 7. The van der Waals surface area contributed by atoms with Gasteiger partial charge in [0, 0.05) is 25.5 Å². The molecular weight excluding hydrogens is 246 g/mol. The van der Waals surface area contributed by atoms with E-state index in [0.29, 0.717) is 25.4 Å². The summed E-state index contributed by atoms with van der Waals surface area (Å²) >= 11 is 0. The van der Waals surface area contributed by atoms with Crippen LogP contribution in [0.2, 0.25) is 0 Å². The van der Waals surface area contributed by atoms with Crippen molar-refractivity contribution in [2.24, 2.45) is 5.92 Å². The van der Waals surface area contributed by atoms with Gasteiger partial charge in [0.05, 0.1) is 6.10 Å². The quantitative estimate of drug-likeness (QED) is 0.690. The molecular formula is C14H23NO4. The highest BCUT2D eigenvalue weighted by Crippen LogP contribution is 2.38. The number of nitrogens with one attached hydrogen (secondary N) is 1. The molecule has 0 spiro atoms. The second-order valence-electron chi connectivity index (χ2n) is 5.64. The van der Waals surface area contributed by atoms with Crippen LogP contribution in [0.25, 0.3) is 0 Å². The van der Waals surface area contributed by atoms with Crippen molar-refractivity contribution in [3.05, 3.63) is 0 Å². The molecule has 0 bridgehead atoms. The van der Waals surface area contributed by atoms with E-state index in [4.69, 9.17) is 9.84 Å². The molecule has 0 aromatic rings. The molecule has 1 aliphatic heterocycles. The van der Waals surface area contributed by atoms with Crippen LogP contribution in [0.4, 0.5) is 0 Å². The van der Waals surface area contributed by atoms with Gasteiger partial charge in [-0.2, -0.15) is 0 Å². The zero-order valence-corrected chi connectivity index (χ0v) is 11.3. The Hall–Kier alpha value is -1.10. The van der Waals surface area contributed by atoms with Gasteiger partial charge in [0.25, 0.3) is 0 Å². The lowest BCUT2D eigenvalue weighted by atomic mass is 10.00. The summed E-state index contributed by atoms with van der Waals surface area (Å²) in [5, 5.41) is 11.6. The molecule has 2 rings (SSSR count). The van der Waals surface area contributed by atoms with Crippen molar-refractivity contribution in [3.8, 4) is 0 Å². The first kappa shape index (κ1) is 14.3. The predicted molar refractivity (Wildman–Crippen MR) is 69.7 cm³/mol. The van der Waals surface area contributed by atoms with Crippen LogP contribution in [-0.4, -0.2) is 35.7 Å². The normalized spacial score (nSPS) is 26.9. The highest BCUT2D eigenvalue weighted by atomic mass is 16.5. The Balaban J connectivity index is 1.60. The molecule has 1 heterocycles. The van der Waals surface area contributed by atoms with Gasteiger partial charge in [-0.3, -0.25) is 9.59 Å². The lowest BCUT2D eigenvalue weighted by Crippen LogP contribution is -2.42. The van der Waals surface area contributed by atoms with Crippen molar-refractivity contribution >= 4 is 11.9 Å². The van der Waals surface area contributed by atoms with E-state index in [2.05, 4.69) is 5.32 Å². The summed E-state index contributed by atoms with van der Waals surface area (Å²) < 4.78 is 5.72. The molecule has 0 aromatic heterocycles. The van der Waals surface area contributed by atoms with Crippen LogP contribution in [0.1, 0.15) is 51.4 Å². The highest BCUT2D eigenvalue weighted by molar-refractivity contribution is 5.76. The third kappa shape index (κ3) is 5.19. The number of aliphatic carboxylic acids is 1. The van der Waals surface area contributed by atoms with Crippen molar-refractivity contribution in [3.63, 3.8) is 0 Å². The minimum atomic E-state index is -0.794. The molecule has 0 aromatic carbocycles. The molecule has 1 aliphatic carbocycles. The number of carboxylic acid groups (broad SMARTS) is 1. The minimum Gasteiger partial charge on any atom is -0.481 e. The van der Waals surface area contributed by atoms with Crippen LogP contribution in [0.5, 0.6) is 0 Å². The van der Waals surface area contributed by atoms with E-state index >= 15 is 0 Å². The number of carbonyl (C=O) groups excluding carboxylic acids is 1. The van der Waals surface area contributed by atoms with Gasteiger partial charge >= 0.3 is 5.97 Å². The second-order valence-corrected chi connectivity index (χ2v) is 5.64. The molecule has 2 N–H and O–H groups in total. The van der Waals surface area contributed by atoms with Crippen molar-refractivity contribution < 1.29 is 19.4 Å². The van der Waals surface area contributed by atoms with Gasteiger partial charge in [-0.1, -0.05) is 0 Å². The molecule has 2 atom stereocenters. The Morgan fingerprint density at radius 1 is 1.16 bits per heavy atom. The van der Waals surface area contributed by atoms with E-state index in [1.54, 1.807) is 0 Å². The van der Waals surface area contributed by atoms with Gasteiger partial charge in [-0.25, -0.2) is 0 Å². The molecule has 2 aliphatic rings. The lowest BCUT2D eigenvalue weighted by molar-refractivity contribution is -0.137. The minimum absolute atomic E-state index is 0.0480. The molecule has 5 heteroatoms. The van der Waals surface area contributed by atoms with E-state index in [-0.39, 0.29) is 18.4 Å². The number of unbranched alkanes of at least 4 members (excludes halogenated alkanes) is 1. The van der Waals surface area contributed by atoms with Crippen LogP contribution in [-0.2, 0) is 14.3 Å². The Morgan fingerprint density at radius 2 is 1.89 bits per heavy atom. The van der Waals surface area contributed by atoms with E-state index in [9.17, 15) is 9.59 Å². The van der Waals surface area contributed by atoms with Crippen LogP contribution < -0.4 is 5.32 Å². The summed E-state index contributed by atoms with van der Waals surface area (Å²) in [6.45, 7) is 0.741. The zero-order chi connectivity index (χ0) is 13.7. The first-order valence-corrected chi connectivity index (χ1v) is 7.28. The molecule has 1 saturated carbocycles. The standard InChI is InChI=1S/C14H23NO4/c16-13(3-1-2-4-14(17)18)15-11-7-8-19-12(9-11)10-5-6-10/h10-12H,1-9H2,(H,15,16)(H,17,18). The van der Waals surface area contributed by atoms with E-state index in [0.717, 1.165) is 25.4 Å². The third-order valence-corrected chi connectivity index (χ3v) is 3.87. The number of hydrogen-bond donors (Lipinski definition) is 2. The first-order chi connectivity index (χ1) is 9.15. The van der Waals surface area contributed by atoms with Gasteiger partial charge < -0.3 is 15.2 Å². The van der Waals surface area contributed by atoms with E-state index < -0.39 is 5.97 Å². The fourth-order valence-electron chi connectivity index (χ4n) is 2.62. The van der Waals surface area contributed by atoms with Gasteiger partial charge in [0.2, 0.25) is 5.91 Å². The summed E-state index contributed by atoms with van der Waals surface area (Å²) in [6.07, 6.45) is 6.49. The van der Waals surface area contributed by atoms with Crippen LogP contribution in [0, 0.1) is 5.92 Å². The lowest BCUT2D eigenvalue weighted by Gasteiger charge is -2.30. The Kier molecular flexibility index (Phi) is 5.19. The second kappa shape index (κ2) is 6.89. The fraction of sp³-hybridized carbons (Fsp3) is 0.857. The summed E-state index contributed by atoms with van der Waals surface area (Å²) in [6, 6.07) is 0.242. The van der Waals surface area contributed by atoms with Gasteiger partial charge in [0.15, 0.2) is 0 Å². The first-order valence-electron chi connectivity index (χ1n) is 7.28. The van der Waals surface area contributed by atoms with Crippen LogP contribution in [0.3, 0.4) is 0 Å². The Bertz CT molecular complexity index is 327. The molecule has 0 radical (unpaired) electrons. The smallest absolute Gasteiger partial charge is 0.303 e. The summed E-state index contributed by atoms with van der Waals surface area (Å²) in [7, 11) is 0. The number of carbonyl (C=O) groups is 2. The summed E-state index contributed by atoms with van der Waals surface area (Å²) in [5.41, 5.74) is 0. The third-order valence-electron chi connectivity index (χ3n) is 3.87. The zero-order valence-electron chi connectivity index (χ0n) is 11.3. The SMILES string of the molecule is O=C(O)CCCCC(=O)NC1CCOC(C2CC2)C1.